The SMILES string of the molecule is CN=C(NCc1ccc(OCC(F)(F)F)cc1)NCC(C)C(=O)OC.I. The Morgan fingerprint density at radius 3 is 2.35 bits per heavy atom. The standard InChI is InChI=1S/C16H22F3N3O3.HI/c1-11(14(23)24-3)8-21-15(20-2)22-9-12-4-6-13(7-5-12)25-10-16(17,18)19;/h4-7,11H,8-10H2,1-3H3,(H2,20,21,22);1H. The zero-order valence-electron chi connectivity index (χ0n) is 14.7. The van der Waals surface area contributed by atoms with Gasteiger partial charge in [0.1, 0.15) is 5.75 Å². The summed E-state index contributed by atoms with van der Waals surface area (Å²) >= 11 is 0. The maximum Gasteiger partial charge on any atom is 0.422 e. The van der Waals surface area contributed by atoms with Gasteiger partial charge in [-0.25, -0.2) is 0 Å². The molecular formula is C16H23F3IN3O3. The molecule has 0 aliphatic carbocycles. The molecule has 0 heterocycles. The molecule has 0 fully saturated rings. The second-order valence-corrected chi connectivity index (χ2v) is 5.28. The van der Waals surface area contributed by atoms with Crippen molar-refractivity contribution >= 4 is 35.9 Å². The fourth-order valence-electron chi connectivity index (χ4n) is 1.81. The molecule has 0 bridgehead atoms. The number of alkyl halides is 3. The summed E-state index contributed by atoms with van der Waals surface area (Å²) in [5.41, 5.74) is 0.836. The van der Waals surface area contributed by atoms with Crippen LogP contribution < -0.4 is 15.4 Å². The number of ether oxygens (including phenoxy) is 2. The van der Waals surface area contributed by atoms with E-state index in [1.165, 1.54) is 19.2 Å². The van der Waals surface area contributed by atoms with E-state index in [9.17, 15) is 18.0 Å². The maximum atomic E-state index is 12.1. The van der Waals surface area contributed by atoms with Gasteiger partial charge in [-0.15, -0.1) is 24.0 Å². The number of aliphatic imine (C=N–C) groups is 1. The molecule has 0 aliphatic rings. The molecule has 10 heteroatoms. The first-order valence-corrected chi connectivity index (χ1v) is 7.56. The number of carbonyl (C=O) groups excluding carboxylic acids is 1. The molecule has 0 saturated carbocycles. The third kappa shape index (κ3) is 9.68. The monoisotopic (exact) mass is 489 g/mol. The molecule has 0 amide bonds. The predicted molar refractivity (Wildman–Crippen MR) is 103 cm³/mol. The van der Waals surface area contributed by atoms with Crippen molar-refractivity contribution in [1.82, 2.24) is 10.6 Å². The fourth-order valence-corrected chi connectivity index (χ4v) is 1.81. The number of hydrogen-bond donors (Lipinski definition) is 2. The second kappa shape index (κ2) is 11.8. The minimum absolute atomic E-state index is 0. The number of benzene rings is 1. The van der Waals surface area contributed by atoms with Crippen LogP contribution in [-0.2, 0) is 16.1 Å². The van der Waals surface area contributed by atoms with E-state index in [4.69, 9.17) is 0 Å². The number of hydrogen-bond acceptors (Lipinski definition) is 4. The van der Waals surface area contributed by atoms with Crippen molar-refractivity contribution in [3.05, 3.63) is 29.8 Å². The number of methoxy groups -OCH3 is 1. The Morgan fingerprint density at radius 2 is 1.85 bits per heavy atom. The second-order valence-electron chi connectivity index (χ2n) is 5.28. The fraction of sp³-hybridized carbons (Fsp3) is 0.500. The van der Waals surface area contributed by atoms with E-state index in [-0.39, 0.29) is 41.6 Å². The molecule has 1 unspecified atom stereocenters. The molecular weight excluding hydrogens is 466 g/mol. The van der Waals surface area contributed by atoms with Crippen LogP contribution in [0.2, 0.25) is 0 Å². The number of halogens is 4. The van der Waals surface area contributed by atoms with Gasteiger partial charge in [0.25, 0.3) is 0 Å². The summed E-state index contributed by atoms with van der Waals surface area (Å²) in [6.07, 6.45) is -4.36. The van der Waals surface area contributed by atoms with Gasteiger partial charge in [0.15, 0.2) is 12.6 Å². The molecule has 1 aromatic rings. The Labute approximate surface area is 167 Å². The van der Waals surface area contributed by atoms with Gasteiger partial charge in [-0.3, -0.25) is 9.79 Å². The number of nitrogens with zero attached hydrogens (tertiary/aromatic N) is 1. The van der Waals surface area contributed by atoms with E-state index >= 15 is 0 Å². The van der Waals surface area contributed by atoms with Crippen molar-refractivity contribution in [2.75, 3.05) is 27.3 Å². The molecule has 1 atom stereocenters. The Morgan fingerprint density at radius 1 is 1.23 bits per heavy atom. The molecule has 1 rings (SSSR count). The Kier molecular flexibility index (Phi) is 11.0. The van der Waals surface area contributed by atoms with Gasteiger partial charge in [-0.1, -0.05) is 19.1 Å². The molecule has 0 saturated heterocycles. The van der Waals surface area contributed by atoms with Gasteiger partial charge in [0.05, 0.1) is 13.0 Å². The van der Waals surface area contributed by atoms with Gasteiger partial charge < -0.3 is 20.1 Å². The number of rotatable bonds is 7. The number of nitrogens with one attached hydrogen (secondary N) is 2. The summed E-state index contributed by atoms with van der Waals surface area (Å²) in [6.45, 7) is 1.17. The van der Waals surface area contributed by atoms with Crippen molar-refractivity contribution < 1.29 is 27.4 Å². The van der Waals surface area contributed by atoms with Crippen LogP contribution in [0.1, 0.15) is 12.5 Å². The quantitative estimate of drug-likeness (QED) is 0.267. The van der Waals surface area contributed by atoms with E-state index in [1.54, 1.807) is 26.1 Å². The number of carbonyl (C=O) groups is 1. The minimum atomic E-state index is -4.36. The average molecular weight is 489 g/mol. The van der Waals surface area contributed by atoms with E-state index in [2.05, 4.69) is 25.1 Å². The zero-order valence-corrected chi connectivity index (χ0v) is 17.1. The van der Waals surface area contributed by atoms with Gasteiger partial charge in [-0.05, 0) is 17.7 Å². The lowest BCUT2D eigenvalue weighted by Crippen LogP contribution is -2.40. The summed E-state index contributed by atoms with van der Waals surface area (Å²) in [5.74, 6) is -0.00495. The van der Waals surface area contributed by atoms with Crippen LogP contribution >= 0.6 is 24.0 Å². The van der Waals surface area contributed by atoms with Crippen LogP contribution in [0.25, 0.3) is 0 Å². The maximum absolute atomic E-state index is 12.1. The van der Waals surface area contributed by atoms with Crippen LogP contribution in [0.3, 0.4) is 0 Å². The van der Waals surface area contributed by atoms with Gasteiger partial charge in [0.2, 0.25) is 0 Å². The predicted octanol–water partition coefficient (Wildman–Crippen LogP) is 2.72. The van der Waals surface area contributed by atoms with Gasteiger partial charge >= 0.3 is 12.1 Å². The molecule has 0 radical (unpaired) electrons. The van der Waals surface area contributed by atoms with Gasteiger partial charge in [-0.2, -0.15) is 13.2 Å². The highest BCUT2D eigenvalue weighted by Crippen LogP contribution is 2.18. The zero-order chi connectivity index (χ0) is 18.9. The minimum Gasteiger partial charge on any atom is -0.484 e. The topological polar surface area (TPSA) is 72.0 Å². The van der Waals surface area contributed by atoms with Crippen molar-refractivity contribution in [2.45, 2.75) is 19.6 Å². The summed E-state index contributed by atoms with van der Waals surface area (Å²) in [4.78, 5) is 15.4. The molecule has 148 valence electrons. The van der Waals surface area contributed by atoms with Crippen LogP contribution in [-0.4, -0.2) is 45.4 Å². The van der Waals surface area contributed by atoms with E-state index in [0.29, 0.717) is 19.0 Å². The van der Waals surface area contributed by atoms with E-state index in [0.717, 1.165) is 5.56 Å². The highest BCUT2D eigenvalue weighted by Gasteiger charge is 2.28. The largest absolute Gasteiger partial charge is 0.484 e. The summed E-state index contributed by atoms with van der Waals surface area (Å²) in [7, 11) is 2.92. The first kappa shape index (κ1) is 24.3. The van der Waals surface area contributed by atoms with Crippen molar-refractivity contribution in [2.24, 2.45) is 10.9 Å². The third-order valence-electron chi connectivity index (χ3n) is 3.19. The summed E-state index contributed by atoms with van der Waals surface area (Å²) < 4.78 is 45.5. The molecule has 2 N–H and O–H groups in total. The number of guanidine groups is 1. The Hall–Kier alpha value is -1.72. The highest BCUT2D eigenvalue weighted by atomic mass is 127. The molecule has 6 nitrogen and oxygen atoms in total. The Balaban J connectivity index is 0.00000625. The lowest BCUT2D eigenvalue weighted by atomic mass is 10.2. The average Bonchev–Trinajstić information content (AvgIpc) is 2.59. The van der Waals surface area contributed by atoms with E-state index in [1.807, 2.05) is 0 Å². The van der Waals surface area contributed by atoms with Crippen molar-refractivity contribution in [1.29, 1.82) is 0 Å². The first-order valence-electron chi connectivity index (χ1n) is 7.56. The smallest absolute Gasteiger partial charge is 0.422 e. The van der Waals surface area contributed by atoms with Crippen LogP contribution in [0, 0.1) is 5.92 Å². The Bertz CT molecular complexity index is 580. The molecule has 0 aromatic heterocycles. The lowest BCUT2D eigenvalue weighted by Gasteiger charge is -2.15. The number of esters is 1. The first-order chi connectivity index (χ1) is 11.7. The molecule has 1 aromatic carbocycles. The third-order valence-corrected chi connectivity index (χ3v) is 3.19. The molecule has 0 spiro atoms. The van der Waals surface area contributed by atoms with Crippen LogP contribution in [0.4, 0.5) is 13.2 Å². The summed E-state index contributed by atoms with van der Waals surface area (Å²) in [5, 5.41) is 6.03. The lowest BCUT2D eigenvalue weighted by molar-refractivity contribution is -0.153. The van der Waals surface area contributed by atoms with Crippen molar-refractivity contribution in [3.63, 3.8) is 0 Å². The van der Waals surface area contributed by atoms with E-state index < -0.39 is 12.8 Å². The van der Waals surface area contributed by atoms with Crippen LogP contribution in [0.15, 0.2) is 29.3 Å². The normalized spacial score (nSPS) is 12.6. The van der Waals surface area contributed by atoms with Gasteiger partial charge in [0, 0.05) is 20.1 Å². The van der Waals surface area contributed by atoms with Crippen molar-refractivity contribution in [3.8, 4) is 5.75 Å². The molecule has 26 heavy (non-hydrogen) atoms. The van der Waals surface area contributed by atoms with Crippen LogP contribution in [0.5, 0.6) is 5.75 Å². The highest BCUT2D eigenvalue weighted by molar-refractivity contribution is 14.0. The molecule has 0 aliphatic heterocycles. The summed E-state index contributed by atoms with van der Waals surface area (Å²) in [6, 6.07) is 6.25.